The van der Waals surface area contributed by atoms with Crippen LogP contribution in [0.4, 0.5) is 0 Å². The van der Waals surface area contributed by atoms with Crippen molar-refractivity contribution in [2.45, 2.75) is 32.7 Å². The molecule has 0 bridgehead atoms. The van der Waals surface area contributed by atoms with Crippen LogP contribution in [0.3, 0.4) is 0 Å². The lowest BCUT2D eigenvalue weighted by molar-refractivity contribution is -0.504. The maximum Gasteiger partial charge on any atom is 0.142 e. The lowest BCUT2D eigenvalue weighted by Gasteiger charge is -2.52. The Balaban J connectivity index is 1.91. The molecule has 0 saturated carbocycles. The van der Waals surface area contributed by atoms with Crippen LogP contribution in [0.25, 0.3) is 0 Å². The summed E-state index contributed by atoms with van der Waals surface area (Å²) in [5.74, 6) is 0. The highest BCUT2D eigenvalue weighted by Gasteiger charge is 2.45. The molecule has 2 aliphatic heterocycles. The van der Waals surface area contributed by atoms with Crippen molar-refractivity contribution in [3.8, 4) is 0 Å². The molecule has 0 atom stereocenters. The minimum atomic E-state index is 0.663. The topological polar surface area (TPSA) is 6.25 Å². The fourth-order valence-corrected chi connectivity index (χ4v) is 2.42. The van der Waals surface area contributed by atoms with Gasteiger partial charge in [0.15, 0.2) is 0 Å². The van der Waals surface area contributed by atoms with Crippen molar-refractivity contribution in [3.63, 3.8) is 0 Å². The Hall–Kier alpha value is -0.370. The van der Waals surface area contributed by atoms with Gasteiger partial charge in [-0.2, -0.15) is 0 Å². The van der Waals surface area contributed by atoms with Gasteiger partial charge in [-0.05, 0) is 13.8 Å². The second-order valence-corrected chi connectivity index (χ2v) is 5.12. The highest BCUT2D eigenvalue weighted by Crippen LogP contribution is 2.39. The Morgan fingerprint density at radius 2 is 2.08 bits per heavy atom. The normalized spacial score (nSPS) is 27.5. The van der Waals surface area contributed by atoms with Crippen LogP contribution < -0.4 is 0 Å². The third-order valence-electron chi connectivity index (χ3n) is 3.64. The second kappa shape index (κ2) is 3.09. The number of nitrogens with zero attached hydrogens (tertiary/aromatic N) is 2. The van der Waals surface area contributed by atoms with E-state index in [1.54, 1.807) is 0 Å². The summed E-state index contributed by atoms with van der Waals surface area (Å²) in [6, 6.07) is 0.741. The van der Waals surface area contributed by atoms with E-state index in [1.807, 2.05) is 0 Å². The summed E-state index contributed by atoms with van der Waals surface area (Å²) in [7, 11) is 2.19. The molecule has 1 spiro atoms. The average Bonchev–Trinajstić information content (AvgIpc) is 2.02. The number of rotatable bonds is 1. The molecule has 0 radical (unpaired) electrons. The van der Waals surface area contributed by atoms with Crippen LogP contribution in [0.5, 0.6) is 0 Å². The van der Waals surface area contributed by atoms with Gasteiger partial charge >= 0.3 is 0 Å². The molecule has 0 unspecified atom stereocenters. The quantitative estimate of drug-likeness (QED) is 0.551. The van der Waals surface area contributed by atoms with Crippen LogP contribution in [0.15, 0.2) is 0 Å². The third kappa shape index (κ3) is 1.64. The zero-order chi connectivity index (χ0) is 9.47. The average molecular weight is 181 g/mol. The molecule has 2 aliphatic rings. The number of hydrogen-bond acceptors (Lipinski definition) is 1. The van der Waals surface area contributed by atoms with E-state index < -0.39 is 0 Å². The Morgan fingerprint density at radius 3 is 2.54 bits per heavy atom. The first kappa shape index (κ1) is 9.20. The zero-order valence-electron chi connectivity index (χ0n) is 9.08. The molecule has 2 rings (SSSR count). The Kier molecular flexibility index (Phi) is 2.18. The zero-order valence-corrected chi connectivity index (χ0v) is 9.08. The monoisotopic (exact) mass is 181 g/mol. The predicted molar refractivity (Wildman–Crippen MR) is 55.5 cm³/mol. The van der Waals surface area contributed by atoms with Gasteiger partial charge in [-0.3, -0.25) is 4.90 Å². The Labute approximate surface area is 81.2 Å². The molecule has 0 amide bonds. The van der Waals surface area contributed by atoms with Crippen molar-refractivity contribution in [2.75, 3.05) is 26.7 Å². The summed E-state index contributed by atoms with van der Waals surface area (Å²) in [5, 5.41) is 0. The van der Waals surface area contributed by atoms with Crippen LogP contribution in [0.2, 0.25) is 0 Å². The SMILES string of the molecule is CC(C)N1CC2(CC=[N+](C)CC2)C1. The molecule has 2 heteroatoms. The molecule has 2 heterocycles. The lowest BCUT2D eigenvalue weighted by Crippen LogP contribution is -2.60. The highest BCUT2D eigenvalue weighted by atomic mass is 15.2. The molecule has 1 saturated heterocycles. The molecule has 0 aromatic rings. The van der Waals surface area contributed by atoms with Crippen LogP contribution in [0.1, 0.15) is 26.7 Å². The van der Waals surface area contributed by atoms with Gasteiger partial charge in [-0.15, -0.1) is 0 Å². The predicted octanol–water partition coefficient (Wildman–Crippen LogP) is 1.20. The summed E-state index contributed by atoms with van der Waals surface area (Å²) in [5.41, 5.74) is 0.663. The maximum absolute atomic E-state index is 2.58. The summed E-state index contributed by atoms with van der Waals surface area (Å²) in [6.45, 7) is 8.51. The standard InChI is InChI=1S/C11H21N2/c1-10(2)13-8-11(9-13)4-6-12(3)7-5-11/h6,10H,4-5,7-9H2,1-3H3/q+1. The Morgan fingerprint density at radius 1 is 1.38 bits per heavy atom. The second-order valence-electron chi connectivity index (χ2n) is 5.12. The van der Waals surface area contributed by atoms with Gasteiger partial charge in [0, 0.05) is 37.4 Å². The van der Waals surface area contributed by atoms with Gasteiger partial charge in [0.05, 0.1) is 0 Å². The molecule has 2 nitrogen and oxygen atoms in total. The van der Waals surface area contributed by atoms with E-state index in [-0.39, 0.29) is 0 Å². The van der Waals surface area contributed by atoms with Gasteiger partial charge in [0.1, 0.15) is 19.8 Å². The molecule has 0 aromatic carbocycles. The molecule has 13 heavy (non-hydrogen) atoms. The summed E-state index contributed by atoms with van der Waals surface area (Å²) in [6.07, 6.45) is 5.07. The van der Waals surface area contributed by atoms with E-state index in [9.17, 15) is 0 Å². The fourth-order valence-electron chi connectivity index (χ4n) is 2.42. The summed E-state index contributed by atoms with van der Waals surface area (Å²) >= 11 is 0. The van der Waals surface area contributed by atoms with Crippen molar-refractivity contribution < 1.29 is 4.58 Å². The van der Waals surface area contributed by atoms with Crippen molar-refractivity contribution >= 4 is 6.21 Å². The first-order chi connectivity index (χ1) is 6.11. The summed E-state index contributed by atoms with van der Waals surface area (Å²) in [4.78, 5) is 2.58. The van der Waals surface area contributed by atoms with E-state index >= 15 is 0 Å². The van der Waals surface area contributed by atoms with E-state index in [0.717, 1.165) is 6.04 Å². The van der Waals surface area contributed by atoms with Gasteiger partial charge < -0.3 is 0 Å². The number of hydrogen-bond donors (Lipinski definition) is 0. The van der Waals surface area contributed by atoms with Crippen molar-refractivity contribution in [3.05, 3.63) is 0 Å². The minimum absolute atomic E-state index is 0.663. The lowest BCUT2D eigenvalue weighted by atomic mass is 9.72. The van der Waals surface area contributed by atoms with E-state index in [0.29, 0.717) is 5.41 Å². The van der Waals surface area contributed by atoms with Crippen LogP contribution in [0, 0.1) is 5.41 Å². The van der Waals surface area contributed by atoms with Crippen LogP contribution in [-0.2, 0) is 0 Å². The maximum atomic E-state index is 2.58. The van der Waals surface area contributed by atoms with Gasteiger partial charge in [-0.1, -0.05) is 0 Å². The highest BCUT2D eigenvalue weighted by molar-refractivity contribution is 5.53. The largest absolute Gasteiger partial charge is 0.300 e. The van der Waals surface area contributed by atoms with Crippen molar-refractivity contribution in [1.82, 2.24) is 4.90 Å². The molecule has 74 valence electrons. The first-order valence-electron chi connectivity index (χ1n) is 5.39. The third-order valence-corrected chi connectivity index (χ3v) is 3.64. The molecule has 1 fully saturated rings. The van der Waals surface area contributed by atoms with E-state index in [1.165, 1.54) is 32.5 Å². The minimum Gasteiger partial charge on any atom is -0.300 e. The fraction of sp³-hybridized carbons (Fsp3) is 0.909. The smallest absolute Gasteiger partial charge is 0.142 e. The molecule has 0 aromatic heterocycles. The summed E-state index contributed by atoms with van der Waals surface area (Å²) < 4.78 is 2.34. The van der Waals surface area contributed by atoms with Gasteiger partial charge in [-0.25, -0.2) is 4.58 Å². The van der Waals surface area contributed by atoms with Crippen LogP contribution in [-0.4, -0.2) is 48.4 Å². The first-order valence-corrected chi connectivity index (χ1v) is 5.39. The molecular formula is C11H21N2+. The van der Waals surface area contributed by atoms with Crippen LogP contribution >= 0.6 is 0 Å². The van der Waals surface area contributed by atoms with Crippen molar-refractivity contribution in [2.24, 2.45) is 5.41 Å². The molecule has 0 N–H and O–H groups in total. The Bertz CT molecular complexity index is 224. The molecular weight excluding hydrogens is 160 g/mol. The van der Waals surface area contributed by atoms with Crippen molar-refractivity contribution in [1.29, 1.82) is 0 Å². The van der Waals surface area contributed by atoms with Gasteiger partial charge in [0.25, 0.3) is 0 Å². The van der Waals surface area contributed by atoms with E-state index in [4.69, 9.17) is 0 Å². The van der Waals surface area contributed by atoms with E-state index in [2.05, 4.69) is 36.6 Å². The van der Waals surface area contributed by atoms with Gasteiger partial charge in [0.2, 0.25) is 0 Å². The molecule has 0 aliphatic carbocycles. The number of likely N-dealkylation sites (tertiary alicyclic amines) is 1.